The van der Waals surface area contributed by atoms with Crippen molar-refractivity contribution in [1.29, 1.82) is 0 Å². The highest BCUT2D eigenvalue weighted by atomic mass is 35.5. The van der Waals surface area contributed by atoms with Gasteiger partial charge in [-0.15, -0.1) is 11.6 Å². The molecule has 1 aromatic rings. The van der Waals surface area contributed by atoms with Crippen LogP contribution in [0.2, 0.25) is 0 Å². The van der Waals surface area contributed by atoms with Crippen molar-refractivity contribution >= 4 is 25.1 Å². The molecule has 0 spiro atoms. The van der Waals surface area contributed by atoms with E-state index in [0.717, 1.165) is 0 Å². The van der Waals surface area contributed by atoms with Crippen LogP contribution in [0.5, 0.6) is 5.75 Å². The summed E-state index contributed by atoms with van der Waals surface area (Å²) in [7, 11) is -3.75. The first-order chi connectivity index (χ1) is 9.00. The molecule has 106 valence electrons. The van der Waals surface area contributed by atoms with E-state index in [2.05, 4.69) is 0 Å². The molecule has 0 heterocycles. The van der Waals surface area contributed by atoms with Gasteiger partial charge in [-0.1, -0.05) is 0 Å². The Balaban J connectivity index is 2.78. The molecule has 1 rings (SSSR count). The number of phosphoric acid groups is 1. The lowest BCUT2D eigenvalue weighted by molar-refractivity contribution is -0.384. The van der Waals surface area contributed by atoms with Crippen LogP contribution in [-0.2, 0) is 13.6 Å². The highest BCUT2D eigenvalue weighted by Gasteiger charge is 2.27. The highest BCUT2D eigenvalue weighted by molar-refractivity contribution is 7.48. The Hall–Kier alpha value is -1.14. The Morgan fingerprint density at radius 2 is 1.95 bits per heavy atom. The highest BCUT2D eigenvalue weighted by Crippen LogP contribution is 2.49. The number of rotatable bonds is 8. The molecule has 1 atom stereocenters. The molecule has 0 amide bonds. The van der Waals surface area contributed by atoms with Gasteiger partial charge in [0.25, 0.3) is 5.69 Å². The number of nitro benzene ring substituents is 1. The Kier molecular flexibility index (Phi) is 6.24. The fourth-order valence-corrected chi connectivity index (χ4v) is 2.53. The fourth-order valence-electron chi connectivity index (χ4n) is 1.15. The van der Waals surface area contributed by atoms with E-state index in [4.69, 9.17) is 25.2 Å². The number of nitro groups is 1. The maximum atomic E-state index is 12.1. The van der Waals surface area contributed by atoms with Crippen LogP contribution < -0.4 is 4.52 Å². The number of benzene rings is 1. The first kappa shape index (κ1) is 15.9. The lowest BCUT2D eigenvalue weighted by Gasteiger charge is -2.17. The van der Waals surface area contributed by atoms with Gasteiger partial charge in [0.15, 0.2) is 0 Å². The fraction of sp³-hybridized carbons (Fsp3) is 0.400. The summed E-state index contributed by atoms with van der Waals surface area (Å²) in [6.45, 7) is 1.77. The van der Waals surface area contributed by atoms with Crippen molar-refractivity contribution < 1.29 is 23.1 Å². The second-order valence-electron chi connectivity index (χ2n) is 3.23. The topological polar surface area (TPSA) is 87.9 Å². The van der Waals surface area contributed by atoms with E-state index in [-0.39, 0.29) is 30.5 Å². The maximum absolute atomic E-state index is 12.1. The van der Waals surface area contributed by atoms with Crippen LogP contribution in [0.1, 0.15) is 6.92 Å². The molecular weight excluding hydrogens is 297 g/mol. The minimum atomic E-state index is -3.75. The largest absolute Gasteiger partial charge is 0.530 e. The Morgan fingerprint density at radius 1 is 1.32 bits per heavy atom. The van der Waals surface area contributed by atoms with Gasteiger partial charge >= 0.3 is 7.82 Å². The Morgan fingerprint density at radius 3 is 2.42 bits per heavy atom. The van der Waals surface area contributed by atoms with Gasteiger partial charge in [0, 0.05) is 18.0 Å². The van der Waals surface area contributed by atoms with Crippen LogP contribution in [0.4, 0.5) is 5.69 Å². The summed E-state index contributed by atoms with van der Waals surface area (Å²) in [6, 6.07) is 5.09. The normalized spacial score (nSPS) is 13.8. The van der Waals surface area contributed by atoms with Gasteiger partial charge in [-0.25, -0.2) is 4.57 Å². The SMILES string of the molecule is CCOP(=O)(OCCCl)Oc1ccc([N+](=O)[O-])cc1. The molecule has 0 aromatic heterocycles. The zero-order valence-corrected chi connectivity index (χ0v) is 11.8. The van der Waals surface area contributed by atoms with Crippen molar-refractivity contribution in [2.45, 2.75) is 6.92 Å². The third-order valence-electron chi connectivity index (χ3n) is 1.88. The third-order valence-corrected chi connectivity index (χ3v) is 3.54. The van der Waals surface area contributed by atoms with Crippen molar-refractivity contribution in [3.63, 3.8) is 0 Å². The molecule has 0 aliphatic heterocycles. The van der Waals surface area contributed by atoms with Gasteiger partial charge in [-0.3, -0.25) is 19.2 Å². The van der Waals surface area contributed by atoms with Gasteiger partial charge in [-0.05, 0) is 19.1 Å². The summed E-state index contributed by atoms with van der Waals surface area (Å²) in [5, 5.41) is 10.5. The molecule has 0 aliphatic carbocycles. The molecule has 0 radical (unpaired) electrons. The number of halogens is 1. The number of nitrogens with zero attached hydrogens (tertiary/aromatic N) is 1. The maximum Gasteiger partial charge on any atom is 0.530 e. The van der Waals surface area contributed by atoms with Crippen molar-refractivity contribution in [1.82, 2.24) is 0 Å². The molecule has 0 aliphatic rings. The molecule has 0 bridgehead atoms. The zero-order chi connectivity index (χ0) is 14.3. The average Bonchev–Trinajstić information content (AvgIpc) is 2.37. The summed E-state index contributed by atoms with van der Waals surface area (Å²) in [4.78, 5) is 9.94. The van der Waals surface area contributed by atoms with Crippen molar-refractivity contribution in [2.24, 2.45) is 0 Å². The molecule has 0 saturated carbocycles. The Bertz CT molecular complexity index is 466. The number of hydrogen-bond acceptors (Lipinski definition) is 6. The molecule has 19 heavy (non-hydrogen) atoms. The summed E-state index contributed by atoms with van der Waals surface area (Å²) in [5.41, 5.74) is -0.0970. The van der Waals surface area contributed by atoms with E-state index in [1.807, 2.05) is 0 Å². The summed E-state index contributed by atoms with van der Waals surface area (Å²) in [5.74, 6) is 0.290. The van der Waals surface area contributed by atoms with E-state index in [1.54, 1.807) is 6.92 Å². The lowest BCUT2D eigenvalue weighted by Crippen LogP contribution is -2.04. The smallest absolute Gasteiger partial charge is 0.404 e. The molecule has 9 heteroatoms. The number of alkyl halides is 1. The monoisotopic (exact) mass is 309 g/mol. The van der Waals surface area contributed by atoms with Gasteiger partial charge in [-0.2, -0.15) is 0 Å². The predicted molar refractivity (Wildman–Crippen MR) is 69.6 cm³/mol. The summed E-state index contributed by atoms with van der Waals surface area (Å²) < 4.78 is 27.1. The number of phosphoric ester groups is 1. The van der Waals surface area contributed by atoms with E-state index in [1.165, 1.54) is 24.3 Å². The molecule has 0 saturated heterocycles. The van der Waals surface area contributed by atoms with Gasteiger partial charge < -0.3 is 4.52 Å². The average molecular weight is 310 g/mol. The summed E-state index contributed by atoms with van der Waals surface area (Å²) in [6.07, 6.45) is 0. The van der Waals surface area contributed by atoms with Gasteiger partial charge in [0.2, 0.25) is 0 Å². The van der Waals surface area contributed by atoms with Crippen molar-refractivity contribution in [2.75, 3.05) is 19.1 Å². The molecule has 1 unspecified atom stereocenters. The first-order valence-electron chi connectivity index (χ1n) is 5.40. The van der Waals surface area contributed by atoms with E-state index < -0.39 is 12.7 Å². The first-order valence-corrected chi connectivity index (χ1v) is 7.39. The Labute approximate surface area is 115 Å². The lowest BCUT2D eigenvalue weighted by atomic mass is 10.3. The van der Waals surface area contributed by atoms with Crippen molar-refractivity contribution in [3.05, 3.63) is 34.4 Å². The molecule has 0 fully saturated rings. The number of non-ortho nitro benzene ring substituents is 1. The molecule has 0 N–H and O–H groups in total. The third kappa shape index (κ3) is 5.16. The second kappa shape index (κ2) is 7.45. The second-order valence-corrected chi connectivity index (χ2v) is 5.20. The van der Waals surface area contributed by atoms with E-state index in [0.29, 0.717) is 0 Å². The number of hydrogen-bond donors (Lipinski definition) is 0. The van der Waals surface area contributed by atoms with E-state index in [9.17, 15) is 14.7 Å². The predicted octanol–water partition coefficient (Wildman–Crippen LogP) is 3.37. The summed E-state index contributed by atoms with van der Waals surface area (Å²) >= 11 is 5.43. The van der Waals surface area contributed by atoms with Crippen LogP contribution in [0, 0.1) is 10.1 Å². The zero-order valence-electron chi connectivity index (χ0n) is 10.2. The van der Waals surface area contributed by atoms with Crippen LogP contribution in [-0.4, -0.2) is 24.0 Å². The quantitative estimate of drug-likeness (QED) is 0.316. The standard InChI is InChI=1S/C10H13ClNO6P/c1-2-16-19(15,17-8-7-11)18-10-5-3-9(4-6-10)12(13)14/h3-6H,2,7-8H2,1H3. The van der Waals surface area contributed by atoms with Gasteiger partial charge in [0.1, 0.15) is 5.75 Å². The van der Waals surface area contributed by atoms with Crippen LogP contribution in [0.15, 0.2) is 24.3 Å². The van der Waals surface area contributed by atoms with Gasteiger partial charge in [0.05, 0.1) is 18.1 Å². The van der Waals surface area contributed by atoms with Crippen LogP contribution in [0.25, 0.3) is 0 Å². The molecular formula is C10H13ClNO6P. The minimum Gasteiger partial charge on any atom is -0.404 e. The van der Waals surface area contributed by atoms with Crippen molar-refractivity contribution in [3.8, 4) is 5.75 Å². The molecule has 7 nitrogen and oxygen atoms in total. The van der Waals surface area contributed by atoms with Crippen LogP contribution in [0.3, 0.4) is 0 Å². The minimum absolute atomic E-state index is 0.00577. The van der Waals surface area contributed by atoms with E-state index >= 15 is 0 Å². The molecule has 1 aromatic carbocycles. The van der Waals surface area contributed by atoms with Crippen LogP contribution >= 0.6 is 19.4 Å².